The van der Waals surface area contributed by atoms with Gasteiger partial charge < -0.3 is 0 Å². The van der Waals surface area contributed by atoms with Crippen molar-refractivity contribution in [3.63, 3.8) is 0 Å². The van der Waals surface area contributed by atoms with Gasteiger partial charge in [-0.1, -0.05) is 21.7 Å². The second kappa shape index (κ2) is 5.20. The predicted octanol–water partition coefficient (Wildman–Crippen LogP) is 2.98. The summed E-state index contributed by atoms with van der Waals surface area (Å²) in [5.74, 6) is 0. The Morgan fingerprint density at radius 1 is 1.39 bits per heavy atom. The highest BCUT2D eigenvalue weighted by atomic mass is 32.1. The first-order valence-corrected chi connectivity index (χ1v) is 8.06. The Balaban J connectivity index is 1.86. The van der Waals surface area contributed by atoms with Gasteiger partial charge in [0.2, 0.25) is 0 Å². The van der Waals surface area contributed by atoms with Crippen LogP contribution in [0.25, 0.3) is 16.6 Å². The molecule has 1 aromatic carbocycles. The normalized spacial score (nSPS) is 15.3. The van der Waals surface area contributed by atoms with Crippen molar-refractivity contribution in [2.75, 3.05) is 0 Å². The molecule has 0 radical (unpaired) electrons. The molecule has 0 amide bonds. The van der Waals surface area contributed by atoms with E-state index in [9.17, 15) is 10.1 Å². The molecule has 2 aromatic heterocycles. The zero-order valence-electron chi connectivity index (χ0n) is 12.4. The molecule has 23 heavy (non-hydrogen) atoms. The Labute approximate surface area is 135 Å². The van der Waals surface area contributed by atoms with Crippen LogP contribution in [-0.4, -0.2) is 15.0 Å². The van der Waals surface area contributed by atoms with Gasteiger partial charge in [0.1, 0.15) is 11.2 Å². The van der Waals surface area contributed by atoms with Crippen molar-refractivity contribution in [3.05, 3.63) is 62.4 Å². The molecule has 1 aliphatic rings. The number of benzene rings is 1. The molecule has 0 saturated heterocycles. The van der Waals surface area contributed by atoms with Crippen LogP contribution in [0.3, 0.4) is 0 Å². The first kappa shape index (κ1) is 14.0. The number of hydrogen-bond acceptors (Lipinski definition) is 5. The summed E-state index contributed by atoms with van der Waals surface area (Å²) in [6.07, 6.45) is 5.74. The molecule has 3 aromatic rings. The lowest BCUT2D eigenvalue weighted by atomic mass is 10.1. The van der Waals surface area contributed by atoms with Gasteiger partial charge >= 0.3 is 4.96 Å². The van der Waals surface area contributed by atoms with E-state index < -0.39 is 0 Å². The molecule has 0 N–H and O–H groups in total. The van der Waals surface area contributed by atoms with E-state index in [2.05, 4.69) is 10.1 Å². The molecule has 1 aliphatic carbocycles. The lowest BCUT2D eigenvalue weighted by Gasteiger charge is -1.99. The molecular weight excluding hydrogens is 312 g/mol. The summed E-state index contributed by atoms with van der Waals surface area (Å²) in [7, 11) is 0. The average molecular weight is 325 g/mol. The van der Waals surface area contributed by atoms with Crippen molar-refractivity contribution in [2.24, 2.45) is 0 Å². The standard InChI is InChI=1S/C16H13N4O2S/c1-10-18-19-15-12(5-6-13(15)9-17-16(19)23-10)7-11-3-2-4-14(8-11)20(21)22/h2-4,7-9H,5-6H2,1H3/q+1. The van der Waals surface area contributed by atoms with E-state index in [-0.39, 0.29) is 10.6 Å². The molecule has 0 spiro atoms. The Kier molecular flexibility index (Phi) is 3.16. The fourth-order valence-corrected chi connectivity index (χ4v) is 3.63. The van der Waals surface area contributed by atoms with E-state index in [0.717, 1.165) is 39.6 Å². The SMILES string of the molecule is Cc1n[n+]2c3c(cnc2s1)CCC3=Cc1cccc([N+](=O)[O-])c1. The summed E-state index contributed by atoms with van der Waals surface area (Å²) < 4.78 is 1.89. The molecule has 0 saturated carbocycles. The van der Waals surface area contributed by atoms with Crippen molar-refractivity contribution < 1.29 is 9.44 Å². The minimum atomic E-state index is -0.370. The Bertz CT molecular complexity index is 977. The van der Waals surface area contributed by atoms with Gasteiger partial charge in [-0.15, -0.1) is 0 Å². The van der Waals surface area contributed by atoms with Crippen molar-refractivity contribution in [2.45, 2.75) is 19.8 Å². The smallest absolute Gasteiger partial charge is 0.258 e. The number of rotatable bonds is 2. The van der Waals surface area contributed by atoms with E-state index in [1.165, 1.54) is 11.6 Å². The lowest BCUT2D eigenvalue weighted by Crippen LogP contribution is -2.29. The third kappa shape index (κ3) is 2.39. The fourth-order valence-electron chi connectivity index (χ4n) is 2.92. The Morgan fingerprint density at radius 2 is 2.26 bits per heavy atom. The first-order chi connectivity index (χ1) is 11.1. The summed E-state index contributed by atoms with van der Waals surface area (Å²) in [4.78, 5) is 15.9. The van der Waals surface area contributed by atoms with Crippen LogP contribution in [-0.2, 0) is 6.42 Å². The van der Waals surface area contributed by atoms with Crippen molar-refractivity contribution in [1.82, 2.24) is 10.1 Å². The number of nitro benzene ring substituents is 1. The Morgan fingerprint density at radius 3 is 3.09 bits per heavy atom. The van der Waals surface area contributed by atoms with Crippen molar-refractivity contribution >= 4 is 33.6 Å². The van der Waals surface area contributed by atoms with Gasteiger partial charge in [0.15, 0.2) is 5.69 Å². The molecule has 0 bridgehead atoms. The summed E-state index contributed by atoms with van der Waals surface area (Å²) in [6, 6.07) is 6.70. The maximum atomic E-state index is 10.9. The molecule has 6 nitrogen and oxygen atoms in total. The van der Waals surface area contributed by atoms with Gasteiger partial charge in [-0.05, 0) is 47.7 Å². The van der Waals surface area contributed by atoms with E-state index in [1.807, 2.05) is 29.8 Å². The number of fused-ring (bicyclic) bond motifs is 3. The second-order valence-corrected chi connectivity index (χ2v) is 6.63. The summed E-state index contributed by atoms with van der Waals surface area (Å²) >= 11 is 1.56. The number of non-ortho nitro benzene ring substituents is 1. The summed E-state index contributed by atoms with van der Waals surface area (Å²) in [6.45, 7) is 1.96. The summed E-state index contributed by atoms with van der Waals surface area (Å²) in [5, 5.41) is 16.4. The lowest BCUT2D eigenvalue weighted by molar-refractivity contribution is -0.581. The minimum Gasteiger partial charge on any atom is -0.258 e. The number of nitrogens with zero attached hydrogens (tertiary/aromatic N) is 4. The van der Waals surface area contributed by atoms with Gasteiger partial charge in [0.05, 0.1) is 4.92 Å². The van der Waals surface area contributed by atoms with Crippen molar-refractivity contribution in [3.8, 4) is 0 Å². The maximum absolute atomic E-state index is 10.9. The van der Waals surface area contributed by atoms with Gasteiger partial charge in [-0.25, -0.2) is 0 Å². The monoisotopic (exact) mass is 325 g/mol. The first-order valence-electron chi connectivity index (χ1n) is 7.24. The van der Waals surface area contributed by atoms with Crippen LogP contribution in [0.1, 0.15) is 28.2 Å². The molecular formula is C16H13N4O2S+. The molecule has 4 rings (SSSR count). The maximum Gasteiger partial charge on any atom is 0.410 e. The van der Waals surface area contributed by atoms with Gasteiger partial charge in [-0.3, -0.25) is 10.1 Å². The van der Waals surface area contributed by atoms with Crippen molar-refractivity contribution in [1.29, 1.82) is 0 Å². The third-order valence-corrected chi connectivity index (χ3v) is 4.74. The van der Waals surface area contributed by atoms with Crippen LogP contribution in [0.4, 0.5) is 5.69 Å². The minimum absolute atomic E-state index is 0.106. The number of allylic oxidation sites excluding steroid dienone is 1. The third-order valence-electron chi connectivity index (χ3n) is 3.90. The number of aryl methyl sites for hydroxylation is 2. The summed E-state index contributed by atoms with van der Waals surface area (Å²) in [5.41, 5.74) is 4.33. The zero-order valence-corrected chi connectivity index (χ0v) is 13.2. The van der Waals surface area contributed by atoms with Crippen LogP contribution in [0.15, 0.2) is 30.5 Å². The van der Waals surface area contributed by atoms with Crippen LogP contribution in [0.5, 0.6) is 0 Å². The highest BCUT2D eigenvalue weighted by Gasteiger charge is 2.28. The van der Waals surface area contributed by atoms with E-state index in [4.69, 9.17) is 0 Å². The molecule has 2 heterocycles. The second-order valence-electron chi connectivity index (χ2n) is 5.47. The topological polar surface area (TPSA) is 73.0 Å². The van der Waals surface area contributed by atoms with E-state index >= 15 is 0 Å². The Hall–Kier alpha value is -2.67. The highest BCUT2D eigenvalue weighted by Crippen LogP contribution is 2.32. The molecule has 0 aliphatic heterocycles. The largest absolute Gasteiger partial charge is 0.410 e. The number of nitro groups is 1. The molecule has 114 valence electrons. The van der Waals surface area contributed by atoms with Crippen LogP contribution < -0.4 is 4.52 Å². The number of aromatic nitrogens is 3. The van der Waals surface area contributed by atoms with Crippen LogP contribution in [0.2, 0.25) is 0 Å². The number of hydrogen-bond donors (Lipinski definition) is 0. The zero-order chi connectivity index (χ0) is 16.0. The quantitative estimate of drug-likeness (QED) is 0.412. The molecule has 7 heteroatoms. The predicted molar refractivity (Wildman–Crippen MR) is 87.1 cm³/mol. The van der Waals surface area contributed by atoms with E-state index in [1.54, 1.807) is 23.5 Å². The van der Waals surface area contributed by atoms with E-state index in [0.29, 0.717) is 0 Å². The highest BCUT2D eigenvalue weighted by molar-refractivity contribution is 7.16. The van der Waals surface area contributed by atoms with Crippen LogP contribution >= 0.6 is 11.3 Å². The van der Waals surface area contributed by atoms with Crippen LogP contribution in [0, 0.1) is 17.0 Å². The molecule has 0 atom stereocenters. The van der Waals surface area contributed by atoms with Gasteiger partial charge in [0, 0.05) is 23.3 Å². The fraction of sp³-hybridized carbons (Fsp3) is 0.188. The van der Waals surface area contributed by atoms with Gasteiger partial charge in [0.25, 0.3) is 5.69 Å². The average Bonchev–Trinajstić information content (AvgIpc) is 3.10. The molecule has 0 unspecified atom stereocenters. The molecule has 0 fully saturated rings. The van der Waals surface area contributed by atoms with Gasteiger partial charge in [-0.2, -0.15) is 0 Å².